The van der Waals surface area contributed by atoms with Crippen molar-refractivity contribution >= 4 is 11.9 Å². The summed E-state index contributed by atoms with van der Waals surface area (Å²) >= 11 is 0. The van der Waals surface area contributed by atoms with Crippen LogP contribution in [-0.4, -0.2) is 42.6 Å². The second-order valence-corrected chi connectivity index (χ2v) is 7.09. The molecule has 0 unspecified atom stereocenters. The lowest BCUT2D eigenvalue weighted by molar-refractivity contribution is -0.148. The highest BCUT2D eigenvalue weighted by molar-refractivity contribution is 5.82. The van der Waals surface area contributed by atoms with Crippen molar-refractivity contribution < 1.29 is 19.1 Å². The fourth-order valence-electron chi connectivity index (χ4n) is 2.69. The summed E-state index contributed by atoms with van der Waals surface area (Å²) in [5.41, 5.74) is 1.17. The first-order valence-electron chi connectivity index (χ1n) is 8.50. The summed E-state index contributed by atoms with van der Waals surface area (Å²) in [5.74, 6) is 0.541. The SMILES string of the molecule is CCOC(=O)CCC(=O)N1CC(Oc2ccccc2C(C)(C)C)C1. The van der Waals surface area contributed by atoms with Crippen LogP contribution in [0, 0.1) is 0 Å². The molecule has 24 heavy (non-hydrogen) atoms. The summed E-state index contributed by atoms with van der Waals surface area (Å²) < 4.78 is 10.9. The molecule has 0 aromatic heterocycles. The Kier molecular flexibility index (Phi) is 5.86. The van der Waals surface area contributed by atoms with Gasteiger partial charge in [-0.05, 0) is 24.0 Å². The number of nitrogens with zero attached hydrogens (tertiary/aromatic N) is 1. The highest BCUT2D eigenvalue weighted by Gasteiger charge is 2.33. The molecule has 132 valence electrons. The van der Waals surface area contributed by atoms with Gasteiger partial charge in [0.2, 0.25) is 5.91 Å². The van der Waals surface area contributed by atoms with Crippen molar-refractivity contribution in [1.82, 2.24) is 4.90 Å². The summed E-state index contributed by atoms with van der Waals surface area (Å²) in [7, 11) is 0. The number of likely N-dealkylation sites (tertiary alicyclic amines) is 1. The van der Waals surface area contributed by atoms with Gasteiger partial charge in [0.05, 0.1) is 26.1 Å². The molecule has 0 bridgehead atoms. The van der Waals surface area contributed by atoms with Crippen molar-refractivity contribution in [1.29, 1.82) is 0 Å². The van der Waals surface area contributed by atoms with E-state index in [-0.39, 0.29) is 36.2 Å². The van der Waals surface area contributed by atoms with Crippen LogP contribution < -0.4 is 4.74 Å². The van der Waals surface area contributed by atoms with Gasteiger partial charge in [-0.15, -0.1) is 0 Å². The number of ether oxygens (including phenoxy) is 2. The number of carbonyl (C=O) groups excluding carboxylic acids is 2. The standard InChI is InChI=1S/C19H27NO4/c1-5-23-18(22)11-10-17(21)20-12-14(13-20)24-16-9-7-6-8-15(16)19(2,3)4/h6-9,14H,5,10-13H2,1-4H3. The number of benzene rings is 1. The van der Waals surface area contributed by atoms with Crippen molar-refractivity contribution in [2.24, 2.45) is 0 Å². The average Bonchev–Trinajstić information content (AvgIpc) is 2.48. The Morgan fingerprint density at radius 3 is 2.46 bits per heavy atom. The molecular weight excluding hydrogens is 306 g/mol. The van der Waals surface area contributed by atoms with Crippen molar-refractivity contribution in [2.75, 3.05) is 19.7 Å². The number of amides is 1. The van der Waals surface area contributed by atoms with E-state index in [1.807, 2.05) is 18.2 Å². The predicted octanol–water partition coefficient (Wildman–Crippen LogP) is 2.92. The highest BCUT2D eigenvalue weighted by Crippen LogP contribution is 2.32. The second kappa shape index (κ2) is 7.69. The van der Waals surface area contributed by atoms with E-state index in [4.69, 9.17) is 9.47 Å². The summed E-state index contributed by atoms with van der Waals surface area (Å²) in [4.78, 5) is 25.0. The molecule has 0 aliphatic carbocycles. The van der Waals surface area contributed by atoms with Crippen LogP contribution in [0.2, 0.25) is 0 Å². The highest BCUT2D eigenvalue weighted by atomic mass is 16.5. The molecule has 1 aliphatic rings. The first kappa shape index (κ1) is 18.3. The molecule has 1 aromatic carbocycles. The van der Waals surface area contributed by atoms with Gasteiger partial charge >= 0.3 is 5.97 Å². The van der Waals surface area contributed by atoms with Crippen LogP contribution in [0.15, 0.2) is 24.3 Å². The fourth-order valence-corrected chi connectivity index (χ4v) is 2.69. The Labute approximate surface area is 143 Å². The minimum atomic E-state index is -0.321. The molecule has 1 amide bonds. The maximum atomic E-state index is 12.0. The fraction of sp³-hybridized carbons (Fsp3) is 0.579. The van der Waals surface area contributed by atoms with Gasteiger partial charge in [0.1, 0.15) is 11.9 Å². The van der Waals surface area contributed by atoms with Crippen LogP contribution >= 0.6 is 0 Å². The van der Waals surface area contributed by atoms with Gasteiger partial charge in [0, 0.05) is 6.42 Å². The van der Waals surface area contributed by atoms with Crippen molar-refractivity contribution in [2.45, 2.75) is 52.1 Å². The Morgan fingerprint density at radius 1 is 1.17 bits per heavy atom. The van der Waals surface area contributed by atoms with Crippen LogP contribution in [-0.2, 0) is 19.7 Å². The van der Waals surface area contributed by atoms with E-state index >= 15 is 0 Å². The smallest absolute Gasteiger partial charge is 0.306 e. The molecule has 0 spiro atoms. The lowest BCUT2D eigenvalue weighted by Crippen LogP contribution is -2.56. The molecule has 5 nitrogen and oxygen atoms in total. The van der Waals surface area contributed by atoms with Gasteiger partial charge < -0.3 is 14.4 Å². The van der Waals surface area contributed by atoms with Crippen molar-refractivity contribution in [3.63, 3.8) is 0 Å². The zero-order chi connectivity index (χ0) is 17.7. The van der Waals surface area contributed by atoms with E-state index in [9.17, 15) is 9.59 Å². The van der Waals surface area contributed by atoms with Crippen molar-refractivity contribution in [3.05, 3.63) is 29.8 Å². The van der Waals surface area contributed by atoms with E-state index in [1.165, 1.54) is 0 Å². The van der Waals surface area contributed by atoms with Crippen LogP contribution in [0.25, 0.3) is 0 Å². The monoisotopic (exact) mass is 333 g/mol. The summed E-state index contributed by atoms with van der Waals surface area (Å²) in [6, 6.07) is 8.03. The van der Waals surface area contributed by atoms with Crippen molar-refractivity contribution in [3.8, 4) is 5.75 Å². The topological polar surface area (TPSA) is 55.8 Å². The van der Waals surface area contributed by atoms with Gasteiger partial charge in [-0.2, -0.15) is 0 Å². The molecule has 0 N–H and O–H groups in total. The third kappa shape index (κ3) is 4.73. The third-order valence-corrected chi connectivity index (χ3v) is 4.04. The van der Waals surface area contributed by atoms with Crippen LogP contribution in [0.4, 0.5) is 0 Å². The Balaban J connectivity index is 1.81. The largest absolute Gasteiger partial charge is 0.486 e. The van der Waals surface area contributed by atoms with Gasteiger partial charge in [-0.1, -0.05) is 39.0 Å². The molecule has 1 heterocycles. The van der Waals surface area contributed by atoms with E-state index in [2.05, 4.69) is 26.8 Å². The summed E-state index contributed by atoms with van der Waals surface area (Å²) in [6.07, 6.45) is 0.353. The molecule has 1 aromatic rings. The molecule has 0 atom stereocenters. The van der Waals surface area contributed by atoms with Crippen LogP contribution in [0.5, 0.6) is 5.75 Å². The van der Waals surface area contributed by atoms with E-state index in [0.717, 1.165) is 11.3 Å². The first-order chi connectivity index (χ1) is 11.3. The number of hydrogen-bond donors (Lipinski definition) is 0. The lowest BCUT2D eigenvalue weighted by Gasteiger charge is -2.39. The third-order valence-electron chi connectivity index (χ3n) is 4.04. The van der Waals surface area contributed by atoms with E-state index in [0.29, 0.717) is 19.7 Å². The van der Waals surface area contributed by atoms with E-state index < -0.39 is 0 Å². The minimum Gasteiger partial charge on any atom is -0.486 e. The van der Waals surface area contributed by atoms with Gasteiger partial charge in [-0.3, -0.25) is 9.59 Å². The summed E-state index contributed by atoms with van der Waals surface area (Å²) in [6.45, 7) is 9.70. The number of rotatable bonds is 6. The molecule has 1 saturated heterocycles. The lowest BCUT2D eigenvalue weighted by atomic mass is 9.86. The Hall–Kier alpha value is -2.04. The first-order valence-corrected chi connectivity index (χ1v) is 8.50. The maximum Gasteiger partial charge on any atom is 0.306 e. The van der Waals surface area contributed by atoms with Crippen LogP contribution in [0.3, 0.4) is 0 Å². The molecule has 1 fully saturated rings. The molecule has 1 aliphatic heterocycles. The van der Waals surface area contributed by atoms with Crippen LogP contribution in [0.1, 0.15) is 46.1 Å². The van der Waals surface area contributed by atoms with Gasteiger partial charge in [-0.25, -0.2) is 0 Å². The quantitative estimate of drug-likeness (QED) is 0.751. The number of hydrogen-bond acceptors (Lipinski definition) is 4. The molecular formula is C19H27NO4. The summed E-state index contributed by atoms with van der Waals surface area (Å²) in [5, 5.41) is 0. The number of carbonyl (C=O) groups is 2. The Bertz CT molecular complexity index is 585. The van der Waals surface area contributed by atoms with Gasteiger partial charge in [0.15, 0.2) is 0 Å². The molecule has 5 heteroatoms. The zero-order valence-electron chi connectivity index (χ0n) is 15.0. The zero-order valence-corrected chi connectivity index (χ0v) is 15.0. The average molecular weight is 333 g/mol. The van der Waals surface area contributed by atoms with Gasteiger partial charge in [0.25, 0.3) is 0 Å². The Morgan fingerprint density at radius 2 is 1.83 bits per heavy atom. The molecule has 0 saturated carbocycles. The predicted molar refractivity (Wildman–Crippen MR) is 92.0 cm³/mol. The minimum absolute atomic E-state index is 0.00941. The molecule has 2 rings (SSSR count). The second-order valence-electron chi connectivity index (χ2n) is 7.09. The number of para-hydroxylation sites is 1. The van der Waals surface area contributed by atoms with E-state index in [1.54, 1.807) is 11.8 Å². The molecule has 0 radical (unpaired) electrons. The normalized spacial score (nSPS) is 14.9. The maximum absolute atomic E-state index is 12.0. The number of esters is 1.